The summed E-state index contributed by atoms with van der Waals surface area (Å²) >= 11 is 0. The molecule has 6 nitrogen and oxygen atoms in total. The number of rotatable bonds is 2. The number of aromatic nitrogens is 2. The molecule has 0 aliphatic rings. The van der Waals surface area contributed by atoms with Gasteiger partial charge in [0.2, 0.25) is 5.89 Å². The summed E-state index contributed by atoms with van der Waals surface area (Å²) in [4.78, 5) is 21.9. The minimum Gasteiger partial charge on any atom is -0.478 e. The Balaban J connectivity index is 2.46. The quantitative estimate of drug-likeness (QED) is 0.810. The zero-order chi connectivity index (χ0) is 11.7. The number of benzene rings is 1. The standard InChI is InChI=1S/C10H8N2O4/c1-6-11-12(10(15)16-6)8-4-2-7(3-5-8)9(13)14/h2-5H,1H3,(H,13,14). The van der Waals surface area contributed by atoms with Crippen LogP contribution >= 0.6 is 0 Å². The zero-order valence-corrected chi connectivity index (χ0v) is 8.38. The van der Waals surface area contributed by atoms with E-state index in [9.17, 15) is 9.59 Å². The molecule has 82 valence electrons. The number of hydrogen-bond acceptors (Lipinski definition) is 4. The number of carboxylic acids is 1. The van der Waals surface area contributed by atoms with Crippen LogP contribution in [0.2, 0.25) is 0 Å². The molecule has 0 saturated carbocycles. The van der Waals surface area contributed by atoms with Gasteiger partial charge in [-0.1, -0.05) is 0 Å². The van der Waals surface area contributed by atoms with Crippen molar-refractivity contribution in [3.05, 3.63) is 46.3 Å². The van der Waals surface area contributed by atoms with E-state index in [1.807, 2.05) is 0 Å². The van der Waals surface area contributed by atoms with Crippen LogP contribution in [-0.4, -0.2) is 20.9 Å². The van der Waals surface area contributed by atoms with Crippen LogP contribution < -0.4 is 5.76 Å². The van der Waals surface area contributed by atoms with Crippen molar-refractivity contribution in [2.24, 2.45) is 0 Å². The third kappa shape index (κ3) is 1.72. The molecule has 16 heavy (non-hydrogen) atoms. The van der Waals surface area contributed by atoms with Crippen LogP contribution in [0, 0.1) is 6.92 Å². The van der Waals surface area contributed by atoms with Crippen molar-refractivity contribution in [1.82, 2.24) is 9.78 Å². The lowest BCUT2D eigenvalue weighted by Crippen LogP contribution is -2.13. The molecule has 2 rings (SSSR count). The Morgan fingerprint density at radius 2 is 2.00 bits per heavy atom. The summed E-state index contributed by atoms with van der Waals surface area (Å²) in [6.07, 6.45) is 0. The largest absolute Gasteiger partial charge is 0.478 e. The highest BCUT2D eigenvalue weighted by atomic mass is 16.4. The van der Waals surface area contributed by atoms with Crippen LogP contribution in [0.15, 0.2) is 33.5 Å². The zero-order valence-electron chi connectivity index (χ0n) is 8.38. The molecule has 0 unspecified atom stereocenters. The Labute approximate surface area is 89.7 Å². The average molecular weight is 220 g/mol. The van der Waals surface area contributed by atoms with Gasteiger partial charge in [0, 0.05) is 6.92 Å². The molecule has 0 spiro atoms. The molecule has 0 fully saturated rings. The maximum atomic E-state index is 11.3. The highest BCUT2D eigenvalue weighted by molar-refractivity contribution is 5.87. The van der Waals surface area contributed by atoms with Crippen molar-refractivity contribution in [1.29, 1.82) is 0 Å². The molecule has 0 amide bonds. The van der Waals surface area contributed by atoms with Crippen molar-refractivity contribution in [3.8, 4) is 5.69 Å². The van der Waals surface area contributed by atoms with Crippen molar-refractivity contribution in [3.63, 3.8) is 0 Å². The van der Waals surface area contributed by atoms with Crippen LogP contribution in [0.5, 0.6) is 0 Å². The van der Waals surface area contributed by atoms with Gasteiger partial charge in [0.25, 0.3) is 0 Å². The van der Waals surface area contributed by atoms with Crippen LogP contribution in [0.25, 0.3) is 5.69 Å². The molecule has 1 aromatic carbocycles. The van der Waals surface area contributed by atoms with Gasteiger partial charge in [-0.05, 0) is 24.3 Å². The van der Waals surface area contributed by atoms with E-state index in [0.29, 0.717) is 5.69 Å². The molecule has 1 heterocycles. The van der Waals surface area contributed by atoms with Crippen molar-refractivity contribution < 1.29 is 14.3 Å². The Bertz CT molecular complexity index is 580. The molecular formula is C10H8N2O4. The predicted molar refractivity (Wildman–Crippen MR) is 53.8 cm³/mol. The topological polar surface area (TPSA) is 85.3 Å². The molecule has 0 radical (unpaired) electrons. The first-order valence-corrected chi connectivity index (χ1v) is 4.48. The number of aromatic carboxylic acids is 1. The van der Waals surface area contributed by atoms with Crippen molar-refractivity contribution >= 4 is 5.97 Å². The van der Waals surface area contributed by atoms with Gasteiger partial charge in [0.15, 0.2) is 0 Å². The number of nitrogens with zero attached hydrogens (tertiary/aromatic N) is 2. The maximum Gasteiger partial charge on any atom is 0.441 e. The van der Waals surface area contributed by atoms with Crippen LogP contribution in [0.3, 0.4) is 0 Å². The lowest BCUT2D eigenvalue weighted by molar-refractivity contribution is 0.0697. The van der Waals surface area contributed by atoms with E-state index in [4.69, 9.17) is 9.52 Å². The smallest absolute Gasteiger partial charge is 0.441 e. The number of aryl methyl sites for hydroxylation is 1. The first-order valence-electron chi connectivity index (χ1n) is 4.48. The van der Waals surface area contributed by atoms with Gasteiger partial charge in [-0.15, -0.1) is 5.10 Å². The summed E-state index contributed by atoms with van der Waals surface area (Å²) < 4.78 is 5.80. The van der Waals surface area contributed by atoms with E-state index in [-0.39, 0.29) is 11.5 Å². The van der Waals surface area contributed by atoms with Gasteiger partial charge in [-0.25, -0.2) is 9.59 Å². The minimum atomic E-state index is -1.02. The molecule has 1 N–H and O–H groups in total. The summed E-state index contributed by atoms with van der Waals surface area (Å²) in [7, 11) is 0. The highest BCUT2D eigenvalue weighted by Crippen LogP contribution is 2.07. The van der Waals surface area contributed by atoms with E-state index in [2.05, 4.69) is 5.10 Å². The minimum absolute atomic E-state index is 0.150. The fraction of sp³-hybridized carbons (Fsp3) is 0.100. The van der Waals surface area contributed by atoms with Gasteiger partial charge in [-0.3, -0.25) is 0 Å². The second kappa shape index (κ2) is 3.65. The Morgan fingerprint density at radius 1 is 1.38 bits per heavy atom. The van der Waals surface area contributed by atoms with Gasteiger partial charge >= 0.3 is 11.7 Å². The first-order chi connectivity index (χ1) is 7.58. The lowest BCUT2D eigenvalue weighted by atomic mass is 10.2. The van der Waals surface area contributed by atoms with Crippen LogP contribution in [-0.2, 0) is 0 Å². The van der Waals surface area contributed by atoms with E-state index < -0.39 is 11.7 Å². The summed E-state index contributed by atoms with van der Waals surface area (Å²) in [6, 6.07) is 5.78. The lowest BCUT2D eigenvalue weighted by Gasteiger charge is -1.98. The molecule has 6 heteroatoms. The Kier molecular flexibility index (Phi) is 2.32. The predicted octanol–water partition coefficient (Wildman–Crippen LogP) is 0.832. The number of hydrogen-bond donors (Lipinski definition) is 1. The Hall–Kier alpha value is -2.37. The molecule has 0 atom stereocenters. The summed E-state index contributed by atoms with van der Waals surface area (Å²) in [6.45, 7) is 1.56. The summed E-state index contributed by atoms with van der Waals surface area (Å²) in [5.41, 5.74) is 0.615. The molecule has 2 aromatic rings. The highest BCUT2D eigenvalue weighted by Gasteiger charge is 2.07. The molecule has 0 bridgehead atoms. The Morgan fingerprint density at radius 3 is 2.44 bits per heavy atom. The molecule has 1 aromatic heterocycles. The average Bonchev–Trinajstić information content (AvgIpc) is 2.58. The van der Waals surface area contributed by atoms with Gasteiger partial charge in [0.1, 0.15) is 0 Å². The molecule has 0 aliphatic carbocycles. The van der Waals surface area contributed by atoms with E-state index in [1.54, 1.807) is 6.92 Å². The van der Waals surface area contributed by atoms with Crippen molar-refractivity contribution in [2.45, 2.75) is 6.92 Å². The third-order valence-electron chi connectivity index (χ3n) is 2.01. The first kappa shape index (κ1) is 10.2. The van der Waals surface area contributed by atoms with E-state index >= 15 is 0 Å². The summed E-state index contributed by atoms with van der Waals surface area (Å²) in [5.74, 6) is -1.36. The second-order valence-corrected chi connectivity index (χ2v) is 3.15. The van der Waals surface area contributed by atoms with Crippen LogP contribution in [0.1, 0.15) is 16.2 Å². The van der Waals surface area contributed by atoms with Gasteiger partial charge in [0.05, 0.1) is 11.3 Å². The van der Waals surface area contributed by atoms with Gasteiger partial charge < -0.3 is 9.52 Å². The fourth-order valence-corrected chi connectivity index (χ4v) is 1.28. The number of carboxylic acid groups (broad SMARTS) is 1. The normalized spacial score (nSPS) is 10.3. The summed E-state index contributed by atoms with van der Waals surface area (Å²) in [5, 5.41) is 12.5. The SMILES string of the molecule is Cc1nn(-c2ccc(C(=O)O)cc2)c(=O)o1. The fourth-order valence-electron chi connectivity index (χ4n) is 1.28. The second-order valence-electron chi connectivity index (χ2n) is 3.15. The molecule has 0 aliphatic heterocycles. The monoisotopic (exact) mass is 220 g/mol. The van der Waals surface area contributed by atoms with Crippen molar-refractivity contribution in [2.75, 3.05) is 0 Å². The third-order valence-corrected chi connectivity index (χ3v) is 2.01. The molecule has 0 saturated heterocycles. The van der Waals surface area contributed by atoms with E-state index in [0.717, 1.165) is 4.68 Å². The van der Waals surface area contributed by atoms with Gasteiger partial charge in [-0.2, -0.15) is 4.68 Å². The van der Waals surface area contributed by atoms with Crippen LogP contribution in [0.4, 0.5) is 0 Å². The number of carbonyl (C=O) groups is 1. The van der Waals surface area contributed by atoms with E-state index in [1.165, 1.54) is 24.3 Å². The maximum absolute atomic E-state index is 11.3. The molecular weight excluding hydrogens is 212 g/mol.